The lowest BCUT2D eigenvalue weighted by Gasteiger charge is -2.15. The van der Waals surface area contributed by atoms with Crippen molar-refractivity contribution in [2.45, 2.75) is 6.54 Å². The second kappa shape index (κ2) is 7.80. The summed E-state index contributed by atoms with van der Waals surface area (Å²) in [6, 6.07) is 12.0. The second-order valence-electron chi connectivity index (χ2n) is 6.89. The molecule has 0 atom stereocenters. The van der Waals surface area contributed by atoms with Gasteiger partial charge in [0, 0.05) is 30.1 Å². The maximum atomic E-state index is 11.9. The van der Waals surface area contributed by atoms with E-state index < -0.39 is 32.4 Å². The Balaban J connectivity index is 1.41. The molecule has 4 rings (SSSR count). The van der Waals surface area contributed by atoms with Gasteiger partial charge in [-0.1, -0.05) is 12.1 Å². The van der Waals surface area contributed by atoms with E-state index in [1.165, 1.54) is 24.3 Å². The van der Waals surface area contributed by atoms with E-state index in [9.17, 15) is 34.4 Å². The van der Waals surface area contributed by atoms with Gasteiger partial charge in [-0.3, -0.25) is 29.3 Å². The molecule has 0 heterocycles. The number of nitrogens with one attached hydrogen (secondary N) is 3. The molecule has 0 amide bonds. The van der Waals surface area contributed by atoms with E-state index in [-0.39, 0.29) is 29.3 Å². The molecule has 4 aromatic carbocycles. The smallest absolute Gasteiger partial charge is 0.271 e. The van der Waals surface area contributed by atoms with Gasteiger partial charge in [-0.2, -0.15) is 0 Å². The van der Waals surface area contributed by atoms with Gasteiger partial charge in [-0.15, -0.1) is 0 Å². The Labute approximate surface area is 178 Å². The monoisotopic (exact) mass is 434 g/mol. The molecule has 32 heavy (non-hydrogen) atoms. The van der Waals surface area contributed by atoms with Crippen molar-refractivity contribution < 1.29 is 10.0 Å². The number of hydrogen-bond acceptors (Lipinski definition) is 10. The van der Waals surface area contributed by atoms with Gasteiger partial charge in [-0.25, -0.2) is 0 Å². The highest BCUT2D eigenvalue weighted by molar-refractivity contribution is 5.79. The summed E-state index contributed by atoms with van der Waals surface area (Å²) < 4.78 is 0. The zero-order chi connectivity index (χ0) is 23.0. The molecule has 160 valence electrons. The standard InChI is InChI=1S/C21H14N4O7/c26-17-14(15(18(17)27)23-12-5-7-13(8-6-12)25(31)32)22-9-10-1-3-11(4-2-10)24-16-19(28)21(30)20(16)29/h1-8,22-24,28H,9H2. The van der Waals surface area contributed by atoms with Crippen LogP contribution in [0.3, 0.4) is 0 Å². The zero-order valence-electron chi connectivity index (χ0n) is 16.2. The second-order valence-corrected chi connectivity index (χ2v) is 6.89. The summed E-state index contributed by atoms with van der Waals surface area (Å²) in [5.74, 6) is -0.603. The van der Waals surface area contributed by atoms with Crippen molar-refractivity contribution in [3.05, 3.63) is 105 Å². The van der Waals surface area contributed by atoms with E-state index in [2.05, 4.69) is 16.0 Å². The Kier molecular flexibility index (Phi) is 4.99. The van der Waals surface area contributed by atoms with Crippen LogP contribution in [-0.4, -0.2) is 10.0 Å². The van der Waals surface area contributed by atoms with Gasteiger partial charge in [0.2, 0.25) is 0 Å². The maximum absolute atomic E-state index is 11.9. The van der Waals surface area contributed by atoms with Gasteiger partial charge in [0.05, 0.1) is 4.92 Å². The molecule has 0 saturated carbocycles. The third kappa shape index (κ3) is 3.58. The fraction of sp³-hybridized carbons (Fsp3) is 0.0476. The van der Waals surface area contributed by atoms with E-state index in [0.717, 1.165) is 5.56 Å². The number of nitro benzene ring substituents is 1. The molecule has 0 radical (unpaired) electrons. The van der Waals surface area contributed by atoms with Crippen LogP contribution in [0.1, 0.15) is 5.56 Å². The van der Waals surface area contributed by atoms with E-state index >= 15 is 0 Å². The number of benzene rings is 2. The summed E-state index contributed by atoms with van der Waals surface area (Å²) in [4.78, 5) is 56.5. The Hall–Kier alpha value is -4.80. The molecular formula is C21H14N4O7. The molecule has 4 aromatic rings. The van der Waals surface area contributed by atoms with Crippen LogP contribution in [0.5, 0.6) is 5.75 Å². The van der Waals surface area contributed by atoms with Crippen molar-refractivity contribution >= 4 is 34.1 Å². The lowest BCUT2D eigenvalue weighted by molar-refractivity contribution is -0.384. The van der Waals surface area contributed by atoms with Gasteiger partial charge in [0.1, 0.15) is 17.1 Å². The quantitative estimate of drug-likeness (QED) is 0.182. The summed E-state index contributed by atoms with van der Waals surface area (Å²) in [6.07, 6.45) is 0. The molecular weight excluding hydrogens is 420 g/mol. The van der Waals surface area contributed by atoms with Crippen LogP contribution in [-0.2, 0) is 6.54 Å². The topological polar surface area (TPSA) is 168 Å². The number of rotatable bonds is 8. The summed E-state index contributed by atoms with van der Waals surface area (Å²) in [7, 11) is 0. The highest BCUT2D eigenvalue weighted by Gasteiger charge is 2.22. The average Bonchev–Trinajstić information content (AvgIpc) is 2.82. The van der Waals surface area contributed by atoms with Crippen molar-refractivity contribution in [3.8, 4) is 5.75 Å². The van der Waals surface area contributed by atoms with E-state index in [1.54, 1.807) is 24.3 Å². The van der Waals surface area contributed by atoms with E-state index in [4.69, 9.17) is 0 Å². The molecule has 0 aliphatic heterocycles. The molecule has 0 bridgehead atoms. The number of anilines is 5. The minimum atomic E-state index is -0.931. The van der Waals surface area contributed by atoms with Crippen LogP contribution >= 0.6 is 0 Å². The first-order valence-corrected chi connectivity index (χ1v) is 9.23. The van der Waals surface area contributed by atoms with Crippen LogP contribution in [0.2, 0.25) is 0 Å². The van der Waals surface area contributed by atoms with Gasteiger partial charge in [0.15, 0.2) is 5.75 Å². The largest absolute Gasteiger partial charge is 0.502 e. The minimum Gasteiger partial charge on any atom is -0.502 e. The SMILES string of the molecule is O=c1c(O)c(Nc2ccc(CNc3c(Nc4ccc([N+](=O)[O-])cc4)c(=O)c3=O)cc2)c1=O. The van der Waals surface area contributed by atoms with Crippen LogP contribution in [0, 0.1) is 10.1 Å². The third-order valence-corrected chi connectivity index (χ3v) is 4.84. The number of nitro groups is 1. The summed E-state index contributed by atoms with van der Waals surface area (Å²) in [5, 5.41) is 28.5. The van der Waals surface area contributed by atoms with Crippen molar-refractivity contribution in [2.24, 2.45) is 0 Å². The summed E-state index contributed by atoms with van der Waals surface area (Å²) in [5.41, 5.74) is -1.54. The van der Waals surface area contributed by atoms with Gasteiger partial charge >= 0.3 is 0 Å². The predicted octanol–water partition coefficient (Wildman–Crippen LogP) is 1.59. The van der Waals surface area contributed by atoms with E-state index in [0.29, 0.717) is 11.4 Å². The van der Waals surface area contributed by atoms with Crippen LogP contribution in [0.25, 0.3) is 0 Å². The Morgan fingerprint density at radius 1 is 0.719 bits per heavy atom. The molecule has 0 fully saturated rings. The molecule has 0 unspecified atom stereocenters. The number of non-ortho nitro benzene ring substituents is 1. The van der Waals surface area contributed by atoms with Gasteiger partial charge in [0.25, 0.3) is 27.4 Å². The van der Waals surface area contributed by atoms with Gasteiger partial charge in [-0.05, 0) is 29.8 Å². The number of aromatic hydroxyl groups is 1. The molecule has 0 aromatic heterocycles. The Morgan fingerprint density at radius 3 is 1.78 bits per heavy atom. The number of hydrogen-bond donors (Lipinski definition) is 4. The molecule has 11 heteroatoms. The zero-order valence-corrected chi connectivity index (χ0v) is 16.2. The molecule has 0 spiro atoms. The fourth-order valence-corrected chi connectivity index (χ4v) is 3.03. The first-order valence-electron chi connectivity index (χ1n) is 9.23. The lowest BCUT2D eigenvalue weighted by Crippen LogP contribution is -2.36. The van der Waals surface area contributed by atoms with Crippen LogP contribution < -0.4 is 37.7 Å². The lowest BCUT2D eigenvalue weighted by atomic mass is 10.1. The predicted molar refractivity (Wildman–Crippen MR) is 118 cm³/mol. The fourth-order valence-electron chi connectivity index (χ4n) is 3.03. The first kappa shape index (κ1) is 20.5. The first-order chi connectivity index (χ1) is 15.3. The minimum absolute atomic E-state index is 0.0673. The Morgan fingerprint density at radius 2 is 1.22 bits per heavy atom. The third-order valence-electron chi connectivity index (χ3n) is 4.84. The molecule has 0 saturated heterocycles. The molecule has 0 aliphatic carbocycles. The van der Waals surface area contributed by atoms with Crippen molar-refractivity contribution in [1.82, 2.24) is 0 Å². The average molecular weight is 434 g/mol. The normalized spacial score (nSPS) is 10.9. The van der Waals surface area contributed by atoms with Crippen molar-refractivity contribution in [2.75, 3.05) is 16.0 Å². The maximum Gasteiger partial charge on any atom is 0.271 e. The molecule has 0 aliphatic rings. The van der Waals surface area contributed by atoms with Crippen LogP contribution in [0.15, 0.2) is 67.7 Å². The van der Waals surface area contributed by atoms with Crippen LogP contribution in [0.4, 0.5) is 34.1 Å². The van der Waals surface area contributed by atoms with Crippen molar-refractivity contribution in [1.29, 1.82) is 0 Å². The highest BCUT2D eigenvalue weighted by atomic mass is 16.6. The molecule has 4 N–H and O–H groups in total. The highest BCUT2D eigenvalue weighted by Crippen LogP contribution is 2.24. The Bertz CT molecular complexity index is 1470. The number of nitrogens with zero attached hydrogens (tertiary/aromatic N) is 1. The van der Waals surface area contributed by atoms with Gasteiger partial charge < -0.3 is 21.1 Å². The van der Waals surface area contributed by atoms with E-state index in [1.807, 2.05) is 0 Å². The summed E-state index contributed by atoms with van der Waals surface area (Å²) in [6.45, 7) is 0.214. The summed E-state index contributed by atoms with van der Waals surface area (Å²) >= 11 is 0. The van der Waals surface area contributed by atoms with Crippen molar-refractivity contribution in [3.63, 3.8) is 0 Å². The molecule has 11 nitrogen and oxygen atoms in total.